The Morgan fingerprint density at radius 1 is 1.88 bits per heavy atom. The standard InChI is InChI=1S/C6H9NO/c1-3-6-5(2)7-4-8-6/h3,7H,1,4H2,2H3. The van der Waals surface area contributed by atoms with Crippen LogP contribution in [0.5, 0.6) is 0 Å². The fourth-order valence-electron chi connectivity index (χ4n) is 0.629. The van der Waals surface area contributed by atoms with Gasteiger partial charge in [-0.15, -0.1) is 0 Å². The Kier molecular flexibility index (Phi) is 1.24. The molecule has 8 heavy (non-hydrogen) atoms. The maximum atomic E-state index is 5.06. The molecule has 0 aliphatic carbocycles. The highest BCUT2D eigenvalue weighted by atomic mass is 16.5. The first kappa shape index (κ1) is 5.22. The van der Waals surface area contributed by atoms with Gasteiger partial charge in [-0.2, -0.15) is 0 Å². The van der Waals surface area contributed by atoms with Crippen molar-refractivity contribution in [3.05, 3.63) is 24.1 Å². The average Bonchev–Trinajstić information content (AvgIpc) is 2.14. The van der Waals surface area contributed by atoms with Crippen molar-refractivity contribution in [1.82, 2.24) is 5.32 Å². The normalized spacial score (nSPS) is 17.6. The summed E-state index contributed by atoms with van der Waals surface area (Å²) >= 11 is 0. The second-order valence-corrected chi connectivity index (χ2v) is 1.66. The molecule has 0 aromatic rings. The van der Waals surface area contributed by atoms with Crippen LogP contribution < -0.4 is 5.32 Å². The summed E-state index contributed by atoms with van der Waals surface area (Å²) in [5.41, 5.74) is 1.07. The van der Waals surface area contributed by atoms with Crippen LogP contribution in [0, 0.1) is 0 Å². The van der Waals surface area contributed by atoms with E-state index >= 15 is 0 Å². The molecule has 0 aromatic heterocycles. The highest BCUT2D eigenvalue weighted by Crippen LogP contribution is 2.08. The second kappa shape index (κ2) is 1.90. The van der Waals surface area contributed by atoms with Crippen molar-refractivity contribution in [2.45, 2.75) is 6.92 Å². The van der Waals surface area contributed by atoms with Crippen LogP contribution in [0.25, 0.3) is 0 Å². The highest BCUT2D eigenvalue weighted by molar-refractivity contribution is 5.17. The summed E-state index contributed by atoms with van der Waals surface area (Å²) in [4.78, 5) is 0. The van der Waals surface area contributed by atoms with Gasteiger partial charge < -0.3 is 10.1 Å². The first-order valence-corrected chi connectivity index (χ1v) is 2.54. The van der Waals surface area contributed by atoms with E-state index in [2.05, 4.69) is 11.9 Å². The molecule has 0 atom stereocenters. The van der Waals surface area contributed by atoms with Crippen molar-refractivity contribution in [2.75, 3.05) is 6.73 Å². The Bertz CT molecular complexity index is 137. The lowest BCUT2D eigenvalue weighted by Gasteiger charge is -1.90. The SMILES string of the molecule is C=CC1=C(C)NCO1. The summed E-state index contributed by atoms with van der Waals surface area (Å²) < 4.78 is 5.06. The summed E-state index contributed by atoms with van der Waals surface area (Å²) in [6, 6.07) is 0. The molecule has 1 heterocycles. The van der Waals surface area contributed by atoms with Crippen molar-refractivity contribution in [3.63, 3.8) is 0 Å². The van der Waals surface area contributed by atoms with Crippen molar-refractivity contribution < 1.29 is 4.74 Å². The molecule has 0 spiro atoms. The predicted octanol–water partition coefficient (Wildman–Crippen LogP) is 0.981. The van der Waals surface area contributed by atoms with E-state index in [-0.39, 0.29) is 0 Å². The van der Waals surface area contributed by atoms with Crippen LogP contribution in [0.2, 0.25) is 0 Å². The molecule has 44 valence electrons. The van der Waals surface area contributed by atoms with E-state index in [0.29, 0.717) is 6.73 Å². The summed E-state index contributed by atoms with van der Waals surface area (Å²) in [7, 11) is 0. The number of nitrogens with one attached hydrogen (secondary N) is 1. The first-order valence-electron chi connectivity index (χ1n) is 2.54. The quantitative estimate of drug-likeness (QED) is 0.544. The van der Waals surface area contributed by atoms with Crippen LogP contribution in [0.4, 0.5) is 0 Å². The number of hydrogen-bond acceptors (Lipinski definition) is 2. The molecule has 1 N–H and O–H groups in total. The minimum Gasteiger partial charge on any atom is -0.472 e. The van der Waals surface area contributed by atoms with Gasteiger partial charge in [0.15, 0.2) is 6.73 Å². The van der Waals surface area contributed by atoms with Gasteiger partial charge >= 0.3 is 0 Å². The minimum absolute atomic E-state index is 0.590. The molecular weight excluding hydrogens is 102 g/mol. The molecule has 1 aliphatic heterocycles. The lowest BCUT2D eigenvalue weighted by Crippen LogP contribution is -2.04. The molecule has 0 saturated carbocycles. The zero-order valence-electron chi connectivity index (χ0n) is 4.90. The van der Waals surface area contributed by atoms with Gasteiger partial charge in [0.25, 0.3) is 0 Å². The molecule has 2 heteroatoms. The summed E-state index contributed by atoms with van der Waals surface area (Å²) in [5.74, 6) is 0.866. The van der Waals surface area contributed by atoms with Gasteiger partial charge in [0.2, 0.25) is 0 Å². The van der Waals surface area contributed by atoms with Gasteiger partial charge in [0.1, 0.15) is 5.76 Å². The third-order valence-corrected chi connectivity index (χ3v) is 1.12. The van der Waals surface area contributed by atoms with Crippen molar-refractivity contribution in [1.29, 1.82) is 0 Å². The Balaban J connectivity index is 2.72. The molecule has 1 aliphatic rings. The van der Waals surface area contributed by atoms with Gasteiger partial charge in [0, 0.05) is 0 Å². The Hall–Kier alpha value is -0.920. The maximum Gasteiger partial charge on any atom is 0.159 e. The van der Waals surface area contributed by atoms with Gasteiger partial charge in [-0.05, 0) is 13.0 Å². The van der Waals surface area contributed by atoms with E-state index in [1.807, 2.05) is 6.92 Å². The lowest BCUT2D eigenvalue weighted by molar-refractivity contribution is 0.244. The zero-order chi connectivity index (χ0) is 5.98. The van der Waals surface area contributed by atoms with Gasteiger partial charge in [0.05, 0.1) is 5.70 Å². The third-order valence-electron chi connectivity index (χ3n) is 1.12. The van der Waals surface area contributed by atoms with E-state index in [1.165, 1.54) is 0 Å². The third kappa shape index (κ3) is 0.689. The van der Waals surface area contributed by atoms with Gasteiger partial charge in [-0.25, -0.2) is 0 Å². The molecule has 0 radical (unpaired) electrons. The molecule has 0 aromatic carbocycles. The van der Waals surface area contributed by atoms with Crippen LogP contribution in [0.3, 0.4) is 0 Å². The number of rotatable bonds is 1. The van der Waals surface area contributed by atoms with Crippen LogP contribution in [-0.4, -0.2) is 6.73 Å². The molecule has 0 saturated heterocycles. The van der Waals surface area contributed by atoms with E-state index in [9.17, 15) is 0 Å². The Labute approximate surface area is 48.8 Å². The van der Waals surface area contributed by atoms with Crippen LogP contribution in [0.1, 0.15) is 6.92 Å². The highest BCUT2D eigenvalue weighted by Gasteiger charge is 2.04. The van der Waals surface area contributed by atoms with E-state index < -0.39 is 0 Å². The van der Waals surface area contributed by atoms with Crippen LogP contribution in [-0.2, 0) is 4.74 Å². The largest absolute Gasteiger partial charge is 0.472 e. The summed E-state index contributed by atoms with van der Waals surface area (Å²) in [6.45, 7) is 6.12. The van der Waals surface area contributed by atoms with Gasteiger partial charge in [-0.1, -0.05) is 6.58 Å². The lowest BCUT2D eigenvalue weighted by atomic mass is 10.4. The van der Waals surface area contributed by atoms with Crippen molar-refractivity contribution in [3.8, 4) is 0 Å². The second-order valence-electron chi connectivity index (χ2n) is 1.66. The van der Waals surface area contributed by atoms with E-state index in [1.54, 1.807) is 6.08 Å². The van der Waals surface area contributed by atoms with Crippen LogP contribution >= 0.6 is 0 Å². The number of ether oxygens (including phenoxy) is 1. The molecule has 0 fully saturated rings. The van der Waals surface area contributed by atoms with Crippen molar-refractivity contribution in [2.24, 2.45) is 0 Å². The molecule has 2 nitrogen and oxygen atoms in total. The number of allylic oxidation sites excluding steroid dienone is 2. The zero-order valence-corrected chi connectivity index (χ0v) is 4.90. The molecule has 0 unspecified atom stereocenters. The molecule has 0 amide bonds. The monoisotopic (exact) mass is 111 g/mol. The fourth-order valence-corrected chi connectivity index (χ4v) is 0.629. The van der Waals surface area contributed by atoms with Crippen molar-refractivity contribution >= 4 is 0 Å². The average molecular weight is 111 g/mol. The predicted molar refractivity (Wildman–Crippen MR) is 32.0 cm³/mol. The molecule has 0 bridgehead atoms. The summed E-state index contributed by atoms with van der Waals surface area (Å²) in [6.07, 6.45) is 1.70. The van der Waals surface area contributed by atoms with E-state index in [0.717, 1.165) is 11.5 Å². The smallest absolute Gasteiger partial charge is 0.159 e. The van der Waals surface area contributed by atoms with Crippen LogP contribution in [0.15, 0.2) is 24.1 Å². The van der Waals surface area contributed by atoms with E-state index in [4.69, 9.17) is 4.74 Å². The Morgan fingerprint density at radius 2 is 2.62 bits per heavy atom. The number of hydrogen-bond donors (Lipinski definition) is 1. The van der Waals surface area contributed by atoms with Gasteiger partial charge in [-0.3, -0.25) is 0 Å². The summed E-state index contributed by atoms with van der Waals surface area (Å²) in [5, 5.41) is 3.01. The fraction of sp³-hybridized carbons (Fsp3) is 0.333. The topological polar surface area (TPSA) is 21.3 Å². The minimum atomic E-state index is 0.590. The first-order chi connectivity index (χ1) is 3.84. The molecular formula is C6H9NO. The Morgan fingerprint density at radius 3 is 2.88 bits per heavy atom. The molecule has 1 rings (SSSR count). The maximum absolute atomic E-state index is 5.06.